The van der Waals surface area contributed by atoms with Gasteiger partial charge in [0.1, 0.15) is 23.3 Å². The summed E-state index contributed by atoms with van der Waals surface area (Å²) in [6.07, 6.45) is 10.1. The second-order valence-corrected chi connectivity index (χ2v) is 12.2. The lowest BCUT2D eigenvalue weighted by molar-refractivity contribution is 0.252. The van der Waals surface area contributed by atoms with Crippen molar-refractivity contribution in [1.82, 2.24) is 29.4 Å². The van der Waals surface area contributed by atoms with Crippen LogP contribution in [0.5, 0.6) is 0 Å². The highest BCUT2D eigenvalue weighted by Crippen LogP contribution is 2.34. The molecule has 1 aliphatic heterocycles. The number of hydrogen-bond acceptors (Lipinski definition) is 8. The van der Waals surface area contributed by atoms with Crippen LogP contribution < -0.4 is 4.90 Å². The van der Waals surface area contributed by atoms with Gasteiger partial charge < -0.3 is 14.4 Å². The molecule has 206 valence electrons. The molecule has 1 aliphatic rings. The molecular formula is C27H31F2N7O2S. The maximum absolute atomic E-state index is 15.8. The summed E-state index contributed by atoms with van der Waals surface area (Å²) in [6, 6.07) is 2.54. The quantitative estimate of drug-likeness (QED) is 0.322. The largest absolute Gasteiger partial charge is 0.341 e. The second-order valence-electron chi connectivity index (χ2n) is 10.1. The summed E-state index contributed by atoms with van der Waals surface area (Å²) in [5.74, 6) is -1.85. The maximum Gasteiger partial charge on any atom is 0.225 e. The SMILES string of the molecule is CCCS(=O)(=O)Cc1ccc(F)c(-n2cc(-c3cncnc3)c3nc(N(C)C4CCN(C)CC4)ncc32)c1F. The van der Waals surface area contributed by atoms with E-state index >= 15 is 8.78 Å². The number of halogens is 2. The lowest BCUT2D eigenvalue weighted by Gasteiger charge is -2.35. The standard InChI is InChI=1S/C27H31F2N7O2S/c1-4-11-39(37,38)16-18-5-6-22(28)26(24(18)29)36-15-21(19-12-30-17-31-13-19)25-23(36)14-32-27(33-25)35(3)20-7-9-34(2)10-8-20/h5-6,12-15,17,20H,4,7-11,16H2,1-3H3. The van der Waals surface area contributed by atoms with Crippen LogP contribution in [0.3, 0.4) is 0 Å². The first-order valence-corrected chi connectivity index (χ1v) is 14.7. The number of rotatable bonds is 8. The topological polar surface area (TPSA) is 97.1 Å². The highest BCUT2D eigenvalue weighted by molar-refractivity contribution is 7.90. The third-order valence-electron chi connectivity index (χ3n) is 7.23. The average Bonchev–Trinajstić information content (AvgIpc) is 3.29. The van der Waals surface area contributed by atoms with Gasteiger partial charge in [0.05, 0.1) is 23.2 Å². The van der Waals surface area contributed by atoms with Crippen molar-refractivity contribution >= 4 is 26.8 Å². The smallest absolute Gasteiger partial charge is 0.225 e. The van der Waals surface area contributed by atoms with Crippen LogP contribution in [0.1, 0.15) is 31.7 Å². The number of benzene rings is 1. The summed E-state index contributed by atoms with van der Waals surface area (Å²) < 4.78 is 57.2. The minimum Gasteiger partial charge on any atom is -0.341 e. The fourth-order valence-corrected chi connectivity index (χ4v) is 6.55. The number of sulfone groups is 1. The van der Waals surface area contributed by atoms with Crippen LogP contribution in [0.25, 0.3) is 27.8 Å². The first-order chi connectivity index (χ1) is 18.7. The number of aromatic nitrogens is 5. The average molecular weight is 556 g/mol. The van der Waals surface area contributed by atoms with Gasteiger partial charge in [-0.25, -0.2) is 37.1 Å². The molecule has 1 aromatic carbocycles. The van der Waals surface area contributed by atoms with Crippen molar-refractivity contribution < 1.29 is 17.2 Å². The lowest BCUT2D eigenvalue weighted by atomic mass is 10.0. The maximum atomic E-state index is 15.8. The van der Waals surface area contributed by atoms with Gasteiger partial charge >= 0.3 is 0 Å². The van der Waals surface area contributed by atoms with E-state index in [0.717, 1.165) is 32.0 Å². The van der Waals surface area contributed by atoms with Gasteiger partial charge in [0.15, 0.2) is 15.7 Å². The van der Waals surface area contributed by atoms with Crippen LogP contribution in [0.4, 0.5) is 14.7 Å². The Bertz CT molecular complexity index is 1590. The molecule has 0 bridgehead atoms. The third-order valence-corrected chi connectivity index (χ3v) is 9.01. The van der Waals surface area contributed by atoms with E-state index in [4.69, 9.17) is 4.98 Å². The summed E-state index contributed by atoms with van der Waals surface area (Å²) in [7, 11) is 0.507. The van der Waals surface area contributed by atoms with Gasteiger partial charge in [0.25, 0.3) is 0 Å². The van der Waals surface area contributed by atoms with E-state index in [-0.39, 0.29) is 23.0 Å². The van der Waals surface area contributed by atoms with Crippen molar-refractivity contribution in [2.45, 2.75) is 38.0 Å². The van der Waals surface area contributed by atoms with Gasteiger partial charge in [-0.1, -0.05) is 13.0 Å². The number of fused-ring (bicyclic) bond motifs is 1. The van der Waals surface area contributed by atoms with Crippen LogP contribution in [0.15, 0.2) is 43.2 Å². The van der Waals surface area contributed by atoms with Crippen LogP contribution in [-0.4, -0.2) is 76.8 Å². The summed E-state index contributed by atoms with van der Waals surface area (Å²) >= 11 is 0. The van der Waals surface area contributed by atoms with Crippen LogP contribution in [-0.2, 0) is 15.6 Å². The molecule has 39 heavy (non-hydrogen) atoms. The van der Waals surface area contributed by atoms with Crippen molar-refractivity contribution in [3.8, 4) is 16.8 Å². The number of nitrogens with zero attached hydrogens (tertiary/aromatic N) is 7. The summed E-state index contributed by atoms with van der Waals surface area (Å²) in [4.78, 5) is 21.9. The lowest BCUT2D eigenvalue weighted by Crippen LogP contribution is -2.42. The van der Waals surface area contributed by atoms with Gasteiger partial charge in [-0.15, -0.1) is 0 Å². The molecule has 0 saturated carbocycles. The second kappa shape index (κ2) is 10.9. The Morgan fingerprint density at radius 3 is 2.51 bits per heavy atom. The van der Waals surface area contributed by atoms with E-state index in [2.05, 4.69) is 31.8 Å². The molecule has 5 rings (SSSR count). The molecule has 0 radical (unpaired) electrons. The molecule has 3 aromatic heterocycles. The molecule has 9 nitrogen and oxygen atoms in total. The summed E-state index contributed by atoms with van der Waals surface area (Å²) in [6.45, 7) is 3.69. The monoisotopic (exact) mass is 555 g/mol. The minimum absolute atomic E-state index is 0.0782. The van der Waals surface area contributed by atoms with E-state index in [0.29, 0.717) is 34.5 Å². The Morgan fingerprint density at radius 1 is 1.10 bits per heavy atom. The molecular weight excluding hydrogens is 524 g/mol. The molecule has 1 saturated heterocycles. The normalized spacial score (nSPS) is 15.2. The van der Waals surface area contributed by atoms with E-state index in [1.54, 1.807) is 31.7 Å². The predicted octanol–water partition coefficient (Wildman–Crippen LogP) is 4.01. The van der Waals surface area contributed by atoms with Gasteiger partial charge in [-0.2, -0.15) is 0 Å². The van der Waals surface area contributed by atoms with Crippen molar-refractivity contribution in [3.05, 3.63) is 60.4 Å². The van der Waals surface area contributed by atoms with Crippen molar-refractivity contribution in [2.75, 3.05) is 37.8 Å². The molecule has 12 heteroatoms. The van der Waals surface area contributed by atoms with Gasteiger partial charge in [-0.3, -0.25) is 0 Å². The summed E-state index contributed by atoms with van der Waals surface area (Å²) in [5.41, 5.74) is 1.58. The molecule has 4 heterocycles. The predicted molar refractivity (Wildman–Crippen MR) is 147 cm³/mol. The van der Waals surface area contributed by atoms with Crippen LogP contribution in [0, 0.1) is 11.6 Å². The van der Waals surface area contributed by atoms with Crippen molar-refractivity contribution in [1.29, 1.82) is 0 Å². The molecule has 0 amide bonds. The Labute approximate surface area is 226 Å². The molecule has 0 unspecified atom stereocenters. The Kier molecular flexibility index (Phi) is 7.59. The number of anilines is 1. The van der Waals surface area contributed by atoms with E-state index < -0.39 is 27.2 Å². The molecule has 0 N–H and O–H groups in total. The molecule has 0 aliphatic carbocycles. The highest BCUT2D eigenvalue weighted by Gasteiger charge is 2.26. The Morgan fingerprint density at radius 2 is 1.82 bits per heavy atom. The van der Waals surface area contributed by atoms with Gasteiger partial charge in [0.2, 0.25) is 5.95 Å². The van der Waals surface area contributed by atoms with E-state index in [1.807, 2.05) is 7.05 Å². The molecule has 0 spiro atoms. The minimum atomic E-state index is -3.55. The molecule has 1 fully saturated rings. The number of piperidine rings is 1. The Balaban J connectivity index is 1.65. The fourth-order valence-electron chi connectivity index (χ4n) is 5.09. The van der Waals surface area contributed by atoms with Gasteiger partial charge in [-0.05, 0) is 45.5 Å². The first-order valence-electron chi connectivity index (χ1n) is 12.9. The number of hydrogen-bond donors (Lipinski definition) is 0. The van der Waals surface area contributed by atoms with Crippen LogP contribution >= 0.6 is 0 Å². The summed E-state index contributed by atoms with van der Waals surface area (Å²) in [5, 5.41) is 0. The van der Waals surface area contributed by atoms with Gasteiger partial charge in [0, 0.05) is 48.4 Å². The van der Waals surface area contributed by atoms with Crippen LogP contribution in [0.2, 0.25) is 0 Å². The van der Waals surface area contributed by atoms with Crippen molar-refractivity contribution in [3.63, 3.8) is 0 Å². The fraction of sp³-hybridized carbons (Fsp3) is 0.407. The first kappa shape index (κ1) is 27.1. The zero-order valence-corrected chi connectivity index (χ0v) is 23.0. The Hall–Kier alpha value is -3.51. The molecule has 0 atom stereocenters. The molecule has 4 aromatic rings. The van der Waals surface area contributed by atoms with Crippen molar-refractivity contribution in [2.24, 2.45) is 0 Å². The van der Waals surface area contributed by atoms with E-state index in [9.17, 15) is 8.42 Å². The number of likely N-dealkylation sites (tertiary alicyclic amines) is 1. The third kappa shape index (κ3) is 5.48. The zero-order valence-electron chi connectivity index (χ0n) is 22.2. The van der Waals surface area contributed by atoms with E-state index in [1.165, 1.54) is 17.0 Å². The highest BCUT2D eigenvalue weighted by atomic mass is 32.2. The zero-order chi connectivity index (χ0) is 27.7.